The molecule has 1 saturated heterocycles. The SMILES string of the molecule is CNCc1cc(F)ccc1N1CCN(CC(F)(F)F)CC1. The largest absolute Gasteiger partial charge is 0.401 e. The summed E-state index contributed by atoms with van der Waals surface area (Å²) in [7, 11) is 1.77. The van der Waals surface area contributed by atoms with Crippen LogP contribution in [-0.4, -0.2) is 50.8 Å². The Morgan fingerprint density at radius 3 is 2.38 bits per heavy atom. The van der Waals surface area contributed by atoms with Gasteiger partial charge in [-0.15, -0.1) is 0 Å². The van der Waals surface area contributed by atoms with E-state index in [-0.39, 0.29) is 5.82 Å². The molecule has 1 fully saturated rings. The molecule has 1 aromatic carbocycles. The van der Waals surface area contributed by atoms with Crippen molar-refractivity contribution in [2.45, 2.75) is 12.7 Å². The summed E-state index contributed by atoms with van der Waals surface area (Å²) >= 11 is 0. The van der Waals surface area contributed by atoms with E-state index in [4.69, 9.17) is 0 Å². The van der Waals surface area contributed by atoms with E-state index in [0.717, 1.165) is 11.3 Å². The molecule has 0 spiro atoms. The van der Waals surface area contributed by atoms with Gasteiger partial charge in [-0.2, -0.15) is 13.2 Å². The molecule has 7 heteroatoms. The first-order chi connectivity index (χ1) is 9.89. The number of halogens is 4. The average molecular weight is 305 g/mol. The van der Waals surface area contributed by atoms with Gasteiger partial charge in [0, 0.05) is 38.4 Å². The Bertz CT molecular complexity index is 468. The van der Waals surface area contributed by atoms with E-state index in [2.05, 4.69) is 5.32 Å². The van der Waals surface area contributed by atoms with Crippen LogP contribution in [0.2, 0.25) is 0 Å². The minimum atomic E-state index is -4.16. The molecular formula is C14H19F4N3. The van der Waals surface area contributed by atoms with E-state index in [0.29, 0.717) is 32.7 Å². The first-order valence-electron chi connectivity index (χ1n) is 6.86. The van der Waals surface area contributed by atoms with Crippen LogP contribution in [0.25, 0.3) is 0 Å². The molecule has 21 heavy (non-hydrogen) atoms. The molecule has 2 rings (SSSR count). The molecule has 1 aromatic rings. The van der Waals surface area contributed by atoms with E-state index < -0.39 is 12.7 Å². The first kappa shape index (κ1) is 16.0. The van der Waals surface area contributed by atoms with Crippen molar-refractivity contribution in [3.8, 4) is 0 Å². The summed E-state index contributed by atoms with van der Waals surface area (Å²) < 4.78 is 50.4. The number of benzene rings is 1. The van der Waals surface area contributed by atoms with Crippen LogP contribution in [0, 0.1) is 5.82 Å². The summed E-state index contributed by atoms with van der Waals surface area (Å²) in [5.74, 6) is -0.306. The molecule has 0 bridgehead atoms. The molecule has 1 N–H and O–H groups in total. The lowest BCUT2D eigenvalue weighted by atomic mass is 10.1. The van der Waals surface area contributed by atoms with Crippen LogP contribution in [0.1, 0.15) is 5.56 Å². The standard InChI is InChI=1S/C14H19F4N3/c1-19-9-11-8-12(15)2-3-13(11)21-6-4-20(5-7-21)10-14(16,17)18/h2-3,8,19H,4-7,9-10H2,1H3. The van der Waals surface area contributed by atoms with Gasteiger partial charge in [0.1, 0.15) is 5.82 Å². The summed E-state index contributed by atoms with van der Waals surface area (Å²) in [6.45, 7) is 1.39. The number of anilines is 1. The van der Waals surface area contributed by atoms with E-state index in [9.17, 15) is 17.6 Å². The lowest BCUT2D eigenvalue weighted by molar-refractivity contribution is -0.146. The van der Waals surface area contributed by atoms with Crippen LogP contribution >= 0.6 is 0 Å². The predicted molar refractivity (Wildman–Crippen MR) is 73.9 cm³/mol. The number of hydrogen-bond acceptors (Lipinski definition) is 3. The lowest BCUT2D eigenvalue weighted by Gasteiger charge is -2.37. The number of alkyl halides is 3. The maximum absolute atomic E-state index is 13.3. The van der Waals surface area contributed by atoms with E-state index in [1.807, 2.05) is 4.90 Å². The van der Waals surface area contributed by atoms with Crippen LogP contribution in [0.3, 0.4) is 0 Å². The van der Waals surface area contributed by atoms with Gasteiger partial charge >= 0.3 is 6.18 Å². The number of nitrogens with zero attached hydrogens (tertiary/aromatic N) is 2. The smallest absolute Gasteiger partial charge is 0.369 e. The molecule has 0 atom stereocenters. The van der Waals surface area contributed by atoms with Crippen molar-refractivity contribution in [2.24, 2.45) is 0 Å². The Morgan fingerprint density at radius 1 is 1.14 bits per heavy atom. The van der Waals surface area contributed by atoms with Crippen molar-refractivity contribution in [3.63, 3.8) is 0 Å². The number of nitrogens with one attached hydrogen (secondary N) is 1. The Morgan fingerprint density at radius 2 is 1.81 bits per heavy atom. The van der Waals surface area contributed by atoms with Gasteiger partial charge in [-0.1, -0.05) is 0 Å². The number of hydrogen-bond donors (Lipinski definition) is 1. The van der Waals surface area contributed by atoms with Gasteiger partial charge in [0.2, 0.25) is 0 Å². The zero-order valence-corrected chi connectivity index (χ0v) is 11.9. The van der Waals surface area contributed by atoms with E-state index in [1.165, 1.54) is 17.0 Å². The predicted octanol–water partition coefficient (Wildman–Crippen LogP) is 2.23. The van der Waals surface area contributed by atoms with Crippen molar-refractivity contribution in [2.75, 3.05) is 44.7 Å². The summed E-state index contributed by atoms with van der Waals surface area (Å²) in [6, 6.07) is 4.55. The summed E-state index contributed by atoms with van der Waals surface area (Å²) in [5.41, 5.74) is 1.71. The molecule has 3 nitrogen and oxygen atoms in total. The molecule has 0 radical (unpaired) electrons. The first-order valence-corrected chi connectivity index (χ1v) is 6.86. The minimum Gasteiger partial charge on any atom is -0.369 e. The van der Waals surface area contributed by atoms with Crippen LogP contribution in [0.4, 0.5) is 23.2 Å². The highest BCUT2D eigenvalue weighted by Crippen LogP contribution is 2.24. The van der Waals surface area contributed by atoms with Gasteiger partial charge in [0.25, 0.3) is 0 Å². The van der Waals surface area contributed by atoms with Crippen molar-refractivity contribution in [1.29, 1.82) is 0 Å². The zero-order chi connectivity index (χ0) is 15.5. The lowest BCUT2D eigenvalue weighted by Crippen LogP contribution is -2.49. The van der Waals surface area contributed by atoms with Gasteiger partial charge in [-0.25, -0.2) is 4.39 Å². The fourth-order valence-corrected chi connectivity index (χ4v) is 2.60. The molecule has 1 aliphatic heterocycles. The fourth-order valence-electron chi connectivity index (χ4n) is 2.60. The Hall–Kier alpha value is -1.34. The minimum absolute atomic E-state index is 0.306. The van der Waals surface area contributed by atoms with Gasteiger partial charge in [-0.05, 0) is 30.8 Å². The van der Waals surface area contributed by atoms with Crippen molar-refractivity contribution < 1.29 is 17.6 Å². The second-order valence-corrected chi connectivity index (χ2v) is 5.18. The van der Waals surface area contributed by atoms with Gasteiger partial charge in [0.05, 0.1) is 6.54 Å². The Balaban J connectivity index is 2.02. The van der Waals surface area contributed by atoms with Crippen molar-refractivity contribution in [3.05, 3.63) is 29.6 Å². The summed E-state index contributed by atoms with van der Waals surface area (Å²) in [4.78, 5) is 3.41. The van der Waals surface area contributed by atoms with Gasteiger partial charge in [0.15, 0.2) is 0 Å². The Kier molecular flexibility index (Phi) is 5.05. The van der Waals surface area contributed by atoms with E-state index >= 15 is 0 Å². The molecule has 0 aromatic heterocycles. The maximum Gasteiger partial charge on any atom is 0.401 e. The van der Waals surface area contributed by atoms with E-state index in [1.54, 1.807) is 13.1 Å². The molecule has 0 unspecified atom stereocenters. The highest BCUT2D eigenvalue weighted by Gasteiger charge is 2.32. The van der Waals surface area contributed by atoms with Gasteiger partial charge in [-0.3, -0.25) is 4.90 Å². The quantitative estimate of drug-likeness (QED) is 0.861. The monoisotopic (exact) mass is 305 g/mol. The van der Waals surface area contributed by atoms with Gasteiger partial charge < -0.3 is 10.2 Å². The average Bonchev–Trinajstić information content (AvgIpc) is 2.39. The molecule has 118 valence electrons. The Labute approximate surface area is 121 Å². The summed E-state index contributed by atoms with van der Waals surface area (Å²) in [5, 5.41) is 2.98. The highest BCUT2D eigenvalue weighted by molar-refractivity contribution is 5.54. The third kappa shape index (κ3) is 4.57. The molecular weight excluding hydrogens is 286 g/mol. The molecule has 1 heterocycles. The fraction of sp³-hybridized carbons (Fsp3) is 0.571. The highest BCUT2D eigenvalue weighted by atomic mass is 19.4. The second-order valence-electron chi connectivity index (χ2n) is 5.18. The van der Waals surface area contributed by atoms with Crippen molar-refractivity contribution in [1.82, 2.24) is 10.2 Å². The maximum atomic E-state index is 13.3. The third-order valence-corrected chi connectivity index (χ3v) is 3.52. The van der Waals surface area contributed by atoms with Crippen LogP contribution in [0.15, 0.2) is 18.2 Å². The molecule has 0 amide bonds. The zero-order valence-electron chi connectivity index (χ0n) is 11.9. The normalized spacial score (nSPS) is 17.3. The van der Waals surface area contributed by atoms with Crippen LogP contribution in [-0.2, 0) is 6.54 Å². The molecule has 0 aliphatic carbocycles. The second kappa shape index (κ2) is 6.62. The van der Waals surface area contributed by atoms with Crippen LogP contribution in [0.5, 0.6) is 0 Å². The molecule has 0 saturated carbocycles. The summed E-state index contributed by atoms with van der Waals surface area (Å²) in [6.07, 6.45) is -4.16. The topological polar surface area (TPSA) is 18.5 Å². The van der Waals surface area contributed by atoms with Crippen LogP contribution < -0.4 is 10.2 Å². The molecule has 1 aliphatic rings. The van der Waals surface area contributed by atoms with Crippen molar-refractivity contribution >= 4 is 5.69 Å². The number of piperazine rings is 1. The third-order valence-electron chi connectivity index (χ3n) is 3.52. The number of rotatable bonds is 4.